The van der Waals surface area contributed by atoms with Gasteiger partial charge in [0.05, 0.1) is 6.04 Å². The molecule has 1 aromatic carbocycles. The van der Waals surface area contributed by atoms with Crippen molar-refractivity contribution in [3.05, 3.63) is 45.9 Å². The number of hydrogen-bond acceptors (Lipinski definition) is 2. The van der Waals surface area contributed by atoms with Crippen LogP contribution in [0.4, 0.5) is 0 Å². The number of nitrogens with two attached hydrogens (primary N) is 1. The average molecular weight is 276 g/mol. The van der Waals surface area contributed by atoms with Gasteiger partial charge in [0, 0.05) is 9.50 Å². The van der Waals surface area contributed by atoms with Crippen molar-refractivity contribution in [3.8, 4) is 0 Å². The third kappa shape index (κ3) is 2.82. The second kappa shape index (κ2) is 5.51. The molecule has 0 saturated heterocycles. The molecule has 1 rings (SSSR count). The van der Waals surface area contributed by atoms with Crippen LogP contribution in [0.3, 0.4) is 0 Å². The molecule has 1 unspecified atom stereocenters. The summed E-state index contributed by atoms with van der Waals surface area (Å²) in [5.74, 6) is 5.43. The highest BCUT2D eigenvalue weighted by Gasteiger charge is 2.11. The number of nitrogens with one attached hydrogen (secondary N) is 1. The van der Waals surface area contributed by atoms with Crippen LogP contribution < -0.4 is 11.3 Å². The van der Waals surface area contributed by atoms with E-state index < -0.39 is 0 Å². The zero-order valence-electron chi connectivity index (χ0n) is 7.63. The van der Waals surface area contributed by atoms with E-state index in [-0.39, 0.29) is 6.04 Å². The Morgan fingerprint density at radius 3 is 2.86 bits per heavy atom. The molecule has 0 aliphatic rings. The van der Waals surface area contributed by atoms with Crippen LogP contribution in [0.2, 0.25) is 5.02 Å². The zero-order chi connectivity index (χ0) is 10.6. The van der Waals surface area contributed by atoms with Crippen molar-refractivity contribution >= 4 is 27.5 Å². The van der Waals surface area contributed by atoms with E-state index in [1.807, 2.05) is 24.3 Å². The number of rotatable bonds is 4. The summed E-state index contributed by atoms with van der Waals surface area (Å²) in [6.07, 6.45) is 2.56. The molecule has 2 nitrogen and oxygen atoms in total. The Morgan fingerprint density at radius 2 is 2.36 bits per heavy atom. The third-order valence-corrected chi connectivity index (χ3v) is 2.76. The van der Waals surface area contributed by atoms with Crippen molar-refractivity contribution in [3.63, 3.8) is 0 Å². The van der Waals surface area contributed by atoms with Crippen LogP contribution in [0.15, 0.2) is 35.3 Å². The first-order valence-corrected chi connectivity index (χ1v) is 5.38. The lowest BCUT2D eigenvalue weighted by molar-refractivity contribution is 0.562. The molecule has 76 valence electrons. The molecule has 0 radical (unpaired) electrons. The van der Waals surface area contributed by atoms with Crippen molar-refractivity contribution in [1.82, 2.24) is 5.43 Å². The van der Waals surface area contributed by atoms with Crippen LogP contribution in [0.1, 0.15) is 18.0 Å². The molecule has 0 spiro atoms. The highest BCUT2D eigenvalue weighted by Crippen LogP contribution is 2.27. The minimum atomic E-state index is 0.0214. The van der Waals surface area contributed by atoms with Gasteiger partial charge < -0.3 is 0 Å². The van der Waals surface area contributed by atoms with E-state index in [1.54, 1.807) is 0 Å². The zero-order valence-corrected chi connectivity index (χ0v) is 9.98. The maximum Gasteiger partial charge on any atom is 0.0509 e. The SMILES string of the molecule is C=CCC(NN)c1ccc(Br)cc1Cl. The highest BCUT2D eigenvalue weighted by atomic mass is 79.9. The van der Waals surface area contributed by atoms with Crippen LogP contribution in [0, 0.1) is 0 Å². The van der Waals surface area contributed by atoms with Gasteiger partial charge in [0.15, 0.2) is 0 Å². The fourth-order valence-electron chi connectivity index (χ4n) is 1.24. The van der Waals surface area contributed by atoms with Crippen LogP contribution >= 0.6 is 27.5 Å². The van der Waals surface area contributed by atoms with Crippen molar-refractivity contribution < 1.29 is 0 Å². The van der Waals surface area contributed by atoms with E-state index in [2.05, 4.69) is 27.9 Å². The average Bonchev–Trinajstić information content (AvgIpc) is 2.15. The molecule has 0 aliphatic carbocycles. The Morgan fingerprint density at radius 1 is 1.64 bits per heavy atom. The lowest BCUT2D eigenvalue weighted by Crippen LogP contribution is -2.27. The minimum absolute atomic E-state index is 0.0214. The summed E-state index contributed by atoms with van der Waals surface area (Å²) in [7, 11) is 0. The molecule has 1 aromatic rings. The van der Waals surface area contributed by atoms with Crippen LogP contribution in [0.25, 0.3) is 0 Å². The standard InChI is InChI=1S/C10H12BrClN2/c1-2-3-10(14-13)8-5-4-7(11)6-9(8)12/h2,4-6,10,14H,1,3,13H2. The number of hydrazine groups is 1. The smallest absolute Gasteiger partial charge is 0.0509 e. The highest BCUT2D eigenvalue weighted by molar-refractivity contribution is 9.10. The normalized spacial score (nSPS) is 12.5. The fourth-order valence-corrected chi connectivity index (χ4v) is 2.04. The van der Waals surface area contributed by atoms with Crippen molar-refractivity contribution in [2.24, 2.45) is 5.84 Å². The van der Waals surface area contributed by atoms with Gasteiger partial charge in [-0.25, -0.2) is 0 Å². The van der Waals surface area contributed by atoms with Gasteiger partial charge in [0.1, 0.15) is 0 Å². The molecule has 4 heteroatoms. The Labute approximate surface area is 97.2 Å². The Kier molecular flexibility index (Phi) is 4.62. The van der Waals surface area contributed by atoms with Gasteiger partial charge in [-0.05, 0) is 24.1 Å². The summed E-state index contributed by atoms with van der Waals surface area (Å²) in [4.78, 5) is 0. The van der Waals surface area contributed by atoms with Crippen molar-refractivity contribution in [2.75, 3.05) is 0 Å². The predicted octanol–water partition coefficient (Wildman–Crippen LogP) is 3.18. The largest absolute Gasteiger partial charge is 0.271 e. The summed E-state index contributed by atoms with van der Waals surface area (Å²) < 4.78 is 0.959. The molecule has 0 fully saturated rings. The second-order valence-corrected chi connectivity index (χ2v) is 4.23. The van der Waals surface area contributed by atoms with E-state index >= 15 is 0 Å². The van der Waals surface area contributed by atoms with Crippen LogP contribution in [0.5, 0.6) is 0 Å². The first-order valence-electron chi connectivity index (χ1n) is 4.21. The molecular formula is C10H12BrClN2. The van der Waals surface area contributed by atoms with Crippen LogP contribution in [-0.4, -0.2) is 0 Å². The molecule has 0 aromatic heterocycles. The number of hydrogen-bond donors (Lipinski definition) is 2. The minimum Gasteiger partial charge on any atom is -0.271 e. The predicted molar refractivity (Wildman–Crippen MR) is 64.0 cm³/mol. The van der Waals surface area contributed by atoms with E-state index in [4.69, 9.17) is 17.4 Å². The van der Waals surface area contributed by atoms with Gasteiger partial charge in [0.2, 0.25) is 0 Å². The molecule has 0 amide bonds. The van der Waals surface area contributed by atoms with Gasteiger partial charge >= 0.3 is 0 Å². The topological polar surface area (TPSA) is 38.0 Å². The summed E-state index contributed by atoms with van der Waals surface area (Å²) in [6, 6.07) is 5.76. The monoisotopic (exact) mass is 274 g/mol. The fraction of sp³-hybridized carbons (Fsp3) is 0.200. The number of halogens is 2. The molecule has 0 saturated carbocycles. The Bertz CT molecular complexity index is 328. The van der Waals surface area contributed by atoms with Gasteiger partial charge in [-0.2, -0.15) is 0 Å². The van der Waals surface area contributed by atoms with Gasteiger partial charge in [0.25, 0.3) is 0 Å². The quantitative estimate of drug-likeness (QED) is 0.503. The van der Waals surface area contributed by atoms with Gasteiger partial charge in [-0.15, -0.1) is 6.58 Å². The Hall–Kier alpha value is -0.350. The summed E-state index contributed by atoms with van der Waals surface area (Å²) >= 11 is 9.43. The molecule has 0 bridgehead atoms. The molecule has 0 aliphatic heterocycles. The Balaban J connectivity index is 2.97. The molecule has 1 atom stereocenters. The molecule has 0 heterocycles. The van der Waals surface area contributed by atoms with Crippen molar-refractivity contribution in [1.29, 1.82) is 0 Å². The van der Waals surface area contributed by atoms with Gasteiger partial charge in [-0.1, -0.05) is 39.7 Å². The van der Waals surface area contributed by atoms with E-state index in [0.717, 1.165) is 16.5 Å². The molecule has 3 N–H and O–H groups in total. The third-order valence-electron chi connectivity index (χ3n) is 1.94. The lowest BCUT2D eigenvalue weighted by atomic mass is 10.0. The molecule has 14 heavy (non-hydrogen) atoms. The van der Waals surface area contributed by atoms with E-state index in [1.165, 1.54) is 0 Å². The van der Waals surface area contributed by atoms with E-state index in [0.29, 0.717) is 5.02 Å². The maximum atomic E-state index is 6.08. The van der Waals surface area contributed by atoms with Crippen molar-refractivity contribution in [2.45, 2.75) is 12.5 Å². The second-order valence-electron chi connectivity index (χ2n) is 2.91. The summed E-state index contributed by atoms with van der Waals surface area (Å²) in [6.45, 7) is 3.67. The summed E-state index contributed by atoms with van der Waals surface area (Å²) in [5, 5.41) is 0.698. The first kappa shape index (κ1) is 11.7. The van der Waals surface area contributed by atoms with Gasteiger partial charge in [-0.3, -0.25) is 11.3 Å². The first-order chi connectivity index (χ1) is 6.69. The van der Waals surface area contributed by atoms with Crippen LogP contribution in [-0.2, 0) is 0 Å². The summed E-state index contributed by atoms with van der Waals surface area (Å²) in [5.41, 5.74) is 3.69. The number of benzene rings is 1. The lowest BCUT2D eigenvalue weighted by Gasteiger charge is -2.15. The molecular weight excluding hydrogens is 263 g/mol. The maximum absolute atomic E-state index is 6.08. The van der Waals surface area contributed by atoms with E-state index in [9.17, 15) is 0 Å².